The molecule has 0 saturated heterocycles. The fourth-order valence-electron chi connectivity index (χ4n) is 1.68. The number of halogens is 2. The fraction of sp³-hybridized carbons (Fsp3) is 0. The van der Waals surface area contributed by atoms with Gasteiger partial charge in [0, 0.05) is 5.56 Å². The minimum Gasteiger partial charge on any atom is -0.477 e. The Morgan fingerprint density at radius 2 is 1.89 bits per heavy atom. The van der Waals surface area contributed by atoms with E-state index in [1.54, 1.807) is 0 Å². The van der Waals surface area contributed by atoms with Crippen molar-refractivity contribution in [2.45, 2.75) is 0 Å². The number of benzene rings is 1. The number of nitrogen functional groups attached to an aromatic ring is 1. The summed E-state index contributed by atoms with van der Waals surface area (Å²) in [7, 11) is 0. The highest BCUT2D eigenvalue weighted by atomic mass is 19.2. The van der Waals surface area contributed by atoms with E-state index in [9.17, 15) is 18.4 Å². The number of rotatable bonds is 2. The molecule has 7 heteroatoms. The topological polar surface area (TPSA) is 96.2 Å². The van der Waals surface area contributed by atoms with Crippen LogP contribution in [0.5, 0.6) is 0 Å². The molecule has 0 amide bonds. The van der Waals surface area contributed by atoms with Gasteiger partial charge in [0.15, 0.2) is 11.6 Å². The third-order valence-corrected chi connectivity index (χ3v) is 2.50. The van der Waals surface area contributed by atoms with Crippen molar-refractivity contribution in [1.29, 1.82) is 0 Å². The van der Waals surface area contributed by atoms with Gasteiger partial charge in [0.2, 0.25) is 0 Å². The molecular weight excluding hydrogens is 258 g/mol. The van der Waals surface area contributed by atoms with Gasteiger partial charge in [-0.25, -0.2) is 13.6 Å². The molecule has 0 aliphatic carbocycles. The zero-order valence-electron chi connectivity index (χ0n) is 9.41. The van der Waals surface area contributed by atoms with E-state index in [0.29, 0.717) is 0 Å². The molecule has 0 bridgehead atoms. The molecule has 0 aliphatic rings. The summed E-state index contributed by atoms with van der Waals surface area (Å²) in [5, 5.41) is 8.99. The first-order chi connectivity index (χ1) is 8.90. The molecule has 0 fully saturated rings. The Bertz CT molecular complexity index is 725. The van der Waals surface area contributed by atoms with Gasteiger partial charge in [0.05, 0.1) is 0 Å². The molecule has 0 radical (unpaired) electrons. The minimum atomic E-state index is -1.49. The Hall–Kier alpha value is -2.70. The summed E-state index contributed by atoms with van der Waals surface area (Å²) in [6.45, 7) is 0. The number of hydrogen-bond acceptors (Lipinski definition) is 3. The highest BCUT2D eigenvalue weighted by Gasteiger charge is 2.18. The van der Waals surface area contributed by atoms with Gasteiger partial charge in [0.25, 0.3) is 5.56 Å². The predicted octanol–water partition coefficient (Wildman–Crippen LogP) is 1.60. The van der Waals surface area contributed by atoms with Crippen LogP contribution in [0.25, 0.3) is 11.1 Å². The number of aromatic nitrogens is 1. The van der Waals surface area contributed by atoms with E-state index in [1.807, 2.05) is 0 Å². The van der Waals surface area contributed by atoms with E-state index >= 15 is 0 Å². The highest BCUT2D eigenvalue weighted by molar-refractivity contribution is 5.96. The van der Waals surface area contributed by atoms with Gasteiger partial charge in [0.1, 0.15) is 11.4 Å². The zero-order chi connectivity index (χ0) is 14.2. The summed E-state index contributed by atoms with van der Waals surface area (Å²) in [6.07, 6.45) is 0. The number of H-pyrrole nitrogens is 1. The highest BCUT2D eigenvalue weighted by Crippen LogP contribution is 2.24. The van der Waals surface area contributed by atoms with Crippen LogP contribution >= 0.6 is 0 Å². The Labute approximate surface area is 105 Å². The number of nitrogens with two attached hydrogens (primary N) is 1. The maximum Gasteiger partial charge on any atom is 0.341 e. The minimum absolute atomic E-state index is 0.0501. The number of aromatic amines is 1. The number of aromatic carboxylic acids is 1. The molecule has 5 nitrogen and oxygen atoms in total. The Balaban J connectivity index is 2.77. The van der Waals surface area contributed by atoms with Crippen molar-refractivity contribution in [3.05, 3.63) is 51.8 Å². The van der Waals surface area contributed by atoms with Crippen molar-refractivity contribution in [2.24, 2.45) is 0 Å². The number of carbonyl (C=O) groups is 1. The molecule has 19 heavy (non-hydrogen) atoms. The lowest BCUT2D eigenvalue weighted by Gasteiger charge is -2.07. The average Bonchev–Trinajstić information content (AvgIpc) is 2.31. The van der Waals surface area contributed by atoms with Crippen molar-refractivity contribution >= 4 is 11.8 Å². The number of pyridine rings is 1. The average molecular weight is 266 g/mol. The van der Waals surface area contributed by atoms with Gasteiger partial charge >= 0.3 is 5.97 Å². The summed E-state index contributed by atoms with van der Waals surface area (Å²) in [5.41, 5.74) is 3.90. The molecule has 2 rings (SSSR count). The lowest BCUT2D eigenvalue weighted by Crippen LogP contribution is -2.20. The second-order valence-corrected chi connectivity index (χ2v) is 3.78. The molecule has 1 aromatic heterocycles. The molecule has 0 saturated carbocycles. The molecular formula is C12H8F2N2O3. The zero-order valence-corrected chi connectivity index (χ0v) is 9.41. The largest absolute Gasteiger partial charge is 0.477 e. The molecule has 0 spiro atoms. The van der Waals surface area contributed by atoms with Crippen LogP contribution in [0.4, 0.5) is 14.6 Å². The van der Waals surface area contributed by atoms with E-state index < -0.39 is 28.7 Å². The third-order valence-electron chi connectivity index (χ3n) is 2.50. The van der Waals surface area contributed by atoms with Crippen LogP contribution in [0.3, 0.4) is 0 Å². The van der Waals surface area contributed by atoms with Crippen molar-refractivity contribution < 1.29 is 18.7 Å². The van der Waals surface area contributed by atoms with Gasteiger partial charge in [-0.2, -0.15) is 0 Å². The Morgan fingerprint density at radius 1 is 1.21 bits per heavy atom. The van der Waals surface area contributed by atoms with Crippen molar-refractivity contribution in [1.82, 2.24) is 4.98 Å². The molecule has 4 N–H and O–H groups in total. The van der Waals surface area contributed by atoms with Gasteiger partial charge in [-0.15, -0.1) is 0 Å². The van der Waals surface area contributed by atoms with E-state index in [-0.39, 0.29) is 16.9 Å². The molecule has 98 valence electrons. The first-order valence-electron chi connectivity index (χ1n) is 5.11. The lowest BCUT2D eigenvalue weighted by atomic mass is 10.0. The SMILES string of the molecule is Nc1cc(-c2ccc(F)c(F)c2)c(C(=O)O)c(=O)[nH]1. The van der Waals surface area contributed by atoms with Crippen molar-refractivity contribution in [3.63, 3.8) is 0 Å². The summed E-state index contributed by atoms with van der Waals surface area (Å²) in [5.74, 6) is -3.78. The van der Waals surface area contributed by atoms with Crippen LogP contribution in [-0.2, 0) is 0 Å². The number of hydrogen-bond donors (Lipinski definition) is 3. The first kappa shape index (κ1) is 12.7. The Morgan fingerprint density at radius 3 is 2.47 bits per heavy atom. The second-order valence-electron chi connectivity index (χ2n) is 3.78. The summed E-state index contributed by atoms with van der Waals surface area (Å²) < 4.78 is 26.0. The maximum absolute atomic E-state index is 13.2. The maximum atomic E-state index is 13.2. The summed E-state index contributed by atoms with van der Waals surface area (Å²) in [6, 6.07) is 3.99. The molecule has 0 aliphatic heterocycles. The molecule has 0 atom stereocenters. The monoisotopic (exact) mass is 266 g/mol. The number of anilines is 1. The standard InChI is InChI=1S/C12H8F2N2O3/c13-7-2-1-5(3-8(7)14)6-4-9(15)16-11(17)10(6)12(18)19/h1-4H,(H,18,19)(H3,15,16,17). The molecule has 1 aromatic carbocycles. The Kier molecular flexibility index (Phi) is 3.04. The van der Waals surface area contributed by atoms with Crippen LogP contribution in [0, 0.1) is 11.6 Å². The smallest absolute Gasteiger partial charge is 0.341 e. The summed E-state index contributed by atoms with van der Waals surface area (Å²) >= 11 is 0. The molecule has 2 aromatic rings. The number of carboxylic acids is 1. The van der Waals surface area contributed by atoms with Gasteiger partial charge in [-0.3, -0.25) is 4.79 Å². The normalized spacial score (nSPS) is 10.4. The van der Waals surface area contributed by atoms with E-state index in [4.69, 9.17) is 10.8 Å². The number of carboxylic acid groups (broad SMARTS) is 1. The number of nitrogens with one attached hydrogen (secondary N) is 1. The quantitative estimate of drug-likeness (QED) is 0.769. The van der Waals surface area contributed by atoms with Crippen molar-refractivity contribution in [3.8, 4) is 11.1 Å². The third kappa shape index (κ3) is 2.30. The van der Waals surface area contributed by atoms with E-state index in [0.717, 1.165) is 12.1 Å². The second kappa shape index (κ2) is 4.52. The molecule has 0 unspecified atom stereocenters. The van der Waals surface area contributed by atoms with Crippen LogP contribution in [0.2, 0.25) is 0 Å². The van der Waals surface area contributed by atoms with Crippen LogP contribution < -0.4 is 11.3 Å². The van der Waals surface area contributed by atoms with Gasteiger partial charge < -0.3 is 15.8 Å². The predicted molar refractivity (Wildman–Crippen MR) is 63.8 cm³/mol. The van der Waals surface area contributed by atoms with Crippen LogP contribution in [-0.4, -0.2) is 16.1 Å². The molecule has 1 heterocycles. The van der Waals surface area contributed by atoms with Crippen LogP contribution in [0.1, 0.15) is 10.4 Å². The van der Waals surface area contributed by atoms with Gasteiger partial charge in [-0.1, -0.05) is 6.07 Å². The van der Waals surface area contributed by atoms with Gasteiger partial charge in [-0.05, 0) is 23.8 Å². The fourth-order valence-corrected chi connectivity index (χ4v) is 1.68. The van der Waals surface area contributed by atoms with Crippen LogP contribution in [0.15, 0.2) is 29.1 Å². The first-order valence-corrected chi connectivity index (χ1v) is 5.11. The van der Waals surface area contributed by atoms with E-state index in [1.165, 1.54) is 12.1 Å². The van der Waals surface area contributed by atoms with E-state index in [2.05, 4.69) is 4.98 Å². The van der Waals surface area contributed by atoms with Crippen molar-refractivity contribution in [2.75, 3.05) is 5.73 Å². The summed E-state index contributed by atoms with van der Waals surface area (Å²) in [4.78, 5) is 24.7. The lowest BCUT2D eigenvalue weighted by molar-refractivity contribution is 0.0696.